The van der Waals surface area contributed by atoms with E-state index in [1.165, 1.54) is 0 Å². The molecule has 0 spiro atoms. The number of aliphatic hydroxyl groups excluding tert-OH is 8. The quantitative estimate of drug-likeness (QED) is 0.157. The molecule has 5 fully saturated rings. The molecule has 0 aromatic carbocycles. The van der Waals surface area contributed by atoms with E-state index in [9.17, 15) is 40.9 Å². The molecular weight excluding hydrogens is 572 g/mol. The smallest absolute Gasteiger partial charge is 0.186 e. The molecular formula is C33H56O11. The zero-order valence-corrected chi connectivity index (χ0v) is 26.5. The van der Waals surface area contributed by atoms with E-state index >= 15 is 0 Å². The molecule has 0 bridgehead atoms. The zero-order valence-electron chi connectivity index (χ0n) is 26.5. The number of fused-ring (bicyclic) bond motifs is 5. The number of allylic oxidation sites excluding steroid dienone is 2. The Hall–Kier alpha value is -0.700. The molecule has 5 aliphatic rings. The van der Waals surface area contributed by atoms with Crippen LogP contribution in [0.3, 0.4) is 0 Å². The maximum Gasteiger partial charge on any atom is 0.186 e. The Labute approximate surface area is 260 Å². The average molecular weight is 629 g/mol. The second-order valence-electron chi connectivity index (χ2n) is 15.5. The van der Waals surface area contributed by atoms with Gasteiger partial charge in [-0.3, -0.25) is 0 Å². The summed E-state index contributed by atoms with van der Waals surface area (Å²) in [6, 6.07) is 0. The van der Waals surface area contributed by atoms with Gasteiger partial charge in [0.1, 0.15) is 24.4 Å². The Kier molecular flexibility index (Phi) is 10.0. The molecule has 0 amide bonds. The molecule has 11 heteroatoms. The van der Waals surface area contributed by atoms with Gasteiger partial charge in [-0.05, 0) is 73.0 Å². The minimum Gasteiger partial charge on any atom is -0.394 e. The van der Waals surface area contributed by atoms with Crippen LogP contribution in [0.4, 0.5) is 0 Å². The van der Waals surface area contributed by atoms with Crippen molar-refractivity contribution in [3.05, 3.63) is 12.2 Å². The Morgan fingerprint density at radius 1 is 0.909 bits per heavy atom. The zero-order chi connectivity index (χ0) is 32.4. The highest BCUT2D eigenvalue weighted by Gasteiger charge is 2.71. The van der Waals surface area contributed by atoms with Crippen molar-refractivity contribution in [3.8, 4) is 0 Å². The highest BCUT2D eigenvalue weighted by Crippen LogP contribution is 2.69. The van der Waals surface area contributed by atoms with Crippen LogP contribution in [-0.2, 0) is 9.47 Å². The largest absolute Gasteiger partial charge is 0.394 e. The molecule has 44 heavy (non-hydrogen) atoms. The maximum atomic E-state index is 12.5. The summed E-state index contributed by atoms with van der Waals surface area (Å²) in [7, 11) is 0. The van der Waals surface area contributed by atoms with Gasteiger partial charge in [-0.1, -0.05) is 39.8 Å². The summed E-state index contributed by atoms with van der Waals surface area (Å²) in [5, 5.41) is 95.7. The van der Waals surface area contributed by atoms with E-state index < -0.39 is 84.6 Å². The maximum absolute atomic E-state index is 12.5. The lowest BCUT2D eigenvalue weighted by Gasteiger charge is -2.66. The van der Waals surface area contributed by atoms with Crippen molar-refractivity contribution >= 4 is 0 Å². The van der Waals surface area contributed by atoms with E-state index in [1.54, 1.807) is 0 Å². The van der Waals surface area contributed by atoms with Gasteiger partial charge in [0.2, 0.25) is 0 Å². The molecule has 9 N–H and O–H groups in total. The van der Waals surface area contributed by atoms with Crippen molar-refractivity contribution in [3.63, 3.8) is 0 Å². The Balaban J connectivity index is 1.21. The third-order valence-electron chi connectivity index (χ3n) is 12.8. The molecule has 1 saturated heterocycles. The Morgan fingerprint density at radius 3 is 2.27 bits per heavy atom. The predicted molar refractivity (Wildman–Crippen MR) is 159 cm³/mol. The number of hydrogen-bond acceptors (Lipinski definition) is 11. The Morgan fingerprint density at radius 2 is 1.59 bits per heavy atom. The molecule has 0 radical (unpaired) electrons. The van der Waals surface area contributed by atoms with Gasteiger partial charge in [-0.25, -0.2) is 0 Å². The minimum atomic E-state index is -1.36. The van der Waals surface area contributed by atoms with Crippen LogP contribution in [0.1, 0.15) is 72.6 Å². The summed E-state index contributed by atoms with van der Waals surface area (Å²) >= 11 is 0. The molecule has 0 aromatic heterocycles. The van der Waals surface area contributed by atoms with Crippen molar-refractivity contribution in [2.45, 2.75) is 133 Å². The van der Waals surface area contributed by atoms with Crippen LogP contribution in [0.2, 0.25) is 0 Å². The number of aliphatic hydroxyl groups is 9. The number of rotatable bonds is 9. The lowest BCUT2D eigenvalue weighted by molar-refractivity contribution is -0.280. The SMILES string of the molecule is C[C@H](C/C=C/[C@@H](C)[C@H]1C[C@@H](O)[C@@H]2[C@]1(C)CC[C@@H]1[C@@]3(C)CC[C@H](O)[C@H](O)[C@@H]3[C@@H](O)C[C@]12O)CO[C@@H]1O[C@@H]([C@H](O)CO)[C@H](O)[C@H]1O. The van der Waals surface area contributed by atoms with E-state index in [1.807, 2.05) is 13.8 Å². The summed E-state index contributed by atoms with van der Waals surface area (Å²) in [4.78, 5) is 0. The highest BCUT2D eigenvalue weighted by molar-refractivity contribution is 5.21. The molecule has 0 aromatic rings. The Bertz CT molecular complexity index is 1030. The first-order valence-corrected chi connectivity index (χ1v) is 16.6. The van der Waals surface area contributed by atoms with Crippen LogP contribution in [-0.4, -0.2) is 120 Å². The lowest BCUT2D eigenvalue weighted by Crippen LogP contribution is -2.70. The summed E-state index contributed by atoms with van der Waals surface area (Å²) in [5.74, 6) is -0.801. The number of hydrogen-bond donors (Lipinski definition) is 9. The fourth-order valence-corrected chi connectivity index (χ4v) is 10.7. The van der Waals surface area contributed by atoms with Crippen molar-refractivity contribution in [1.29, 1.82) is 0 Å². The van der Waals surface area contributed by atoms with Crippen LogP contribution in [0, 0.1) is 46.3 Å². The third kappa shape index (κ3) is 5.61. The van der Waals surface area contributed by atoms with Gasteiger partial charge in [0.25, 0.3) is 0 Å². The van der Waals surface area contributed by atoms with E-state index in [-0.39, 0.29) is 42.1 Å². The van der Waals surface area contributed by atoms with Crippen molar-refractivity contribution in [2.24, 2.45) is 46.3 Å². The monoisotopic (exact) mass is 628 g/mol. The molecule has 1 aliphatic heterocycles. The van der Waals surface area contributed by atoms with Crippen molar-refractivity contribution in [1.82, 2.24) is 0 Å². The van der Waals surface area contributed by atoms with Gasteiger partial charge in [0.15, 0.2) is 6.29 Å². The molecule has 0 unspecified atom stereocenters. The summed E-state index contributed by atoms with van der Waals surface area (Å²) in [6.07, 6.45) is -1.65. The van der Waals surface area contributed by atoms with Gasteiger partial charge < -0.3 is 55.4 Å². The summed E-state index contributed by atoms with van der Waals surface area (Å²) < 4.78 is 11.1. The van der Waals surface area contributed by atoms with Crippen LogP contribution in [0.25, 0.3) is 0 Å². The average Bonchev–Trinajstić information content (AvgIpc) is 3.40. The van der Waals surface area contributed by atoms with E-state index in [0.717, 1.165) is 12.8 Å². The third-order valence-corrected chi connectivity index (χ3v) is 12.8. The lowest BCUT2D eigenvalue weighted by atomic mass is 9.41. The van der Waals surface area contributed by atoms with E-state index in [4.69, 9.17) is 14.6 Å². The standard InChI is InChI=1S/C33H56O11/c1-16(15-43-30-27(41)26(40)28(44-30)22(38)14-34)6-5-7-17(2)18-12-20(36)29-31(18,3)11-9-23-32(4)10-8-19(35)25(39)24(32)21(37)13-33(23,29)42/h5,7,16-30,34-42H,6,8-15H2,1-4H3/b7-5+/t16-,17-,18-,19+,20-,21+,22-,23-,24+,25+,26-,27-,28+,29-,30-,31-,32-,33+/m1/s1. The topological polar surface area (TPSA) is 201 Å². The highest BCUT2D eigenvalue weighted by atomic mass is 16.7. The van der Waals surface area contributed by atoms with Gasteiger partial charge in [-0.2, -0.15) is 0 Å². The normalized spacial score (nSPS) is 52.8. The van der Waals surface area contributed by atoms with Crippen LogP contribution in [0.5, 0.6) is 0 Å². The van der Waals surface area contributed by atoms with Crippen LogP contribution < -0.4 is 0 Å². The predicted octanol–water partition coefficient (Wildman–Crippen LogP) is 0.0685. The number of ether oxygens (including phenoxy) is 2. The van der Waals surface area contributed by atoms with Gasteiger partial charge in [-0.15, -0.1) is 0 Å². The molecule has 4 aliphatic carbocycles. The molecule has 18 atom stereocenters. The summed E-state index contributed by atoms with van der Waals surface area (Å²) in [6.45, 7) is 8.00. The van der Waals surface area contributed by atoms with Gasteiger partial charge >= 0.3 is 0 Å². The molecule has 11 nitrogen and oxygen atoms in total. The fraction of sp³-hybridized carbons (Fsp3) is 0.939. The second kappa shape index (κ2) is 12.7. The first-order valence-electron chi connectivity index (χ1n) is 16.6. The first-order chi connectivity index (χ1) is 20.6. The van der Waals surface area contributed by atoms with E-state index in [2.05, 4.69) is 26.0 Å². The van der Waals surface area contributed by atoms with Gasteiger partial charge in [0.05, 0.1) is 43.2 Å². The second-order valence-corrected chi connectivity index (χ2v) is 15.5. The summed E-state index contributed by atoms with van der Waals surface area (Å²) in [5.41, 5.74) is -2.15. The molecule has 4 saturated carbocycles. The van der Waals surface area contributed by atoms with Crippen molar-refractivity contribution in [2.75, 3.05) is 13.2 Å². The minimum absolute atomic E-state index is 0.0589. The molecule has 5 rings (SSSR count). The van der Waals surface area contributed by atoms with Gasteiger partial charge in [0, 0.05) is 18.3 Å². The first kappa shape index (κ1) is 34.6. The van der Waals surface area contributed by atoms with Crippen molar-refractivity contribution < 1.29 is 55.4 Å². The van der Waals surface area contributed by atoms with E-state index in [0.29, 0.717) is 25.7 Å². The molecule has 254 valence electrons. The fourth-order valence-electron chi connectivity index (χ4n) is 10.7. The molecule has 1 heterocycles. The van der Waals surface area contributed by atoms with Crippen LogP contribution in [0.15, 0.2) is 12.2 Å². The van der Waals surface area contributed by atoms with Crippen LogP contribution >= 0.6 is 0 Å².